The molecule has 1 fully saturated rings. The van der Waals surface area contributed by atoms with E-state index in [0.717, 1.165) is 51.9 Å². The van der Waals surface area contributed by atoms with Crippen molar-refractivity contribution in [3.8, 4) is 0 Å². The molecule has 0 saturated carbocycles. The molecule has 2 aromatic rings. The molecule has 5 heteroatoms. The van der Waals surface area contributed by atoms with Gasteiger partial charge in [-0.2, -0.15) is 0 Å². The van der Waals surface area contributed by atoms with Gasteiger partial charge < -0.3 is 20.4 Å². The van der Waals surface area contributed by atoms with Gasteiger partial charge in [0.2, 0.25) is 0 Å². The van der Waals surface area contributed by atoms with Crippen LogP contribution in [0.15, 0.2) is 60.7 Å². The second-order valence-corrected chi connectivity index (χ2v) is 7.46. The van der Waals surface area contributed by atoms with Gasteiger partial charge in [0.1, 0.15) is 0 Å². The minimum absolute atomic E-state index is 0.0328. The summed E-state index contributed by atoms with van der Waals surface area (Å²) in [5.74, 6) is 0. The fraction of sp³-hybridized carbons (Fsp3) is 0.435. The Hall–Kier alpha value is -2.69. The lowest BCUT2D eigenvalue weighted by Gasteiger charge is -2.34. The third-order valence-electron chi connectivity index (χ3n) is 5.35. The number of carbonyl (C=O) groups is 1. The number of rotatable bonds is 8. The minimum Gasteiger partial charge on any atom is -0.375 e. The maximum absolute atomic E-state index is 12.1. The van der Waals surface area contributed by atoms with E-state index in [9.17, 15) is 4.79 Å². The number of hydrogen-bond donors (Lipinski definition) is 2. The molecule has 0 unspecified atom stereocenters. The second kappa shape index (κ2) is 10.6. The number of carbonyl (C=O) groups excluding carboxylic acids is 1. The normalized spacial score (nSPS) is 14.5. The van der Waals surface area contributed by atoms with Crippen molar-refractivity contribution in [2.45, 2.75) is 31.7 Å². The second-order valence-electron chi connectivity index (χ2n) is 7.46. The van der Waals surface area contributed by atoms with Gasteiger partial charge >= 0.3 is 6.03 Å². The first-order chi connectivity index (χ1) is 13.7. The van der Waals surface area contributed by atoms with Crippen molar-refractivity contribution in [3.05, 3.63) is 60.7 Å². The van der Waals surface area contributed by atoms with Gasteiger partial charge in [0.15, 0.2) is 0 Å². The van der Waals surface area contributed by atoms with Gasteiger partial charge in [0, 0.05) is 50.6 Å². The molecule has 0 aliphatic carbocycles. The number of para-hydroxylation sites is 2. The maximum Gasteiger partial charge on any atom is 0.315 e. The Bertz CT molecular complexity index is 699. The lowest BCUT2D eigenvalue weighted by Crippen LogP contribution is -2.48. The summed E-state index contributed by atoms with van der Waals surface area (Å²) in [5, 5.41) is 6.13. The van der Waals surface area contributed by atoms with Crippen molar-refractivity contribution in [2.24, 2.45) is 0 Å². The number of anilines is 2. The van der Waals surface area contributed by atoms with Crippen molar-refractivity contribution in [1.29, 1.82) is 0 Å². The van der Waals surface area contributed by atoms with E-state index in [1.54, 1.807) is 0 Å². The third-order valence-corrected chi connectivity index (χ3v) is 5.35. The average molecular weight is 381 g/mol. The lowest BCUT2D eigenvalue weighted by molar-refractivity contribution is 0.234. The number of hydrogen-bond acceptors (Lipinski definition) is 3. The predicted molar refractivity (Wildman–Crippen MR) is 117 cm³/mol. The Kier molecular flexibility index (Phi) is 7.59. The molecule has 28 heavy (non-hydrogen) atoms. The number of nitrogens with zero attached hydrogens (tertiary/aromatic N) is 2. The molecule has 3 rings (SSSR count). The van der Waals surface area contributed by atoms with Gasteiger partial charge in [0.25, 0.3) is 0 Å². The highest BCUT2D eigenvalue weighted by Crippen LogP contribution is 2.19. The van der Waals surface area contributed by atoms with Gasteiger partial charge in [0.05, 0.1) is 0 Å². The third kappa shape index (κ3) is 6.19. The summed E-state index contributed by atoms with van der Waals surface area (Å²) in [5.41, 5.74) is 2.50. The summed E-state index contributed by atoms with van der Waals surface area (Å²) in [6.45, 7) is 3.68. The van der Waals surface area contributed by atoms with Crippen LogP contribution in [0.3, 0.4) is 0 Å². The number of benzene rings is 2. The first-order valence-electron chi connectivity index (χ1n) is 10.3. The number of amides is 2. The van der Waals surface area contributed by atoms with E-state index in [2.05, 4.69) is 76.0 Å². The molecule has 5 nitrogen and oxygen atoms in total. The zero-order valence-corrected chi connectivity index (χ0v) is 16.8. The smallest absolute Gasteiger partial charge is 0.315 e. The first-order valence-corrected chi connectivity index (χ1v) is 10.3. The molecule has 0 radical (unpaired) electrons. The van der Waals surface area contributed by atoms with Gasteiger partial charge in [-0.1, -0.05) is 36.4 Å². The van der Waals surface area contributed by atoms with Crippen LogP contribution in [0.4, 0.5) is 16.2 Å². The van der Waals surface area contributed by atoms with Crippen LogP contribution in [-0.4, -0.2) is 45.3 Å². The molecule has 2 N–H and O–H groups in total. The quantitative estimate of drug-likeness (QED) is 0.684. The summed E-state index contributed by atoms with van der Waals surface area (Å²) in [7, 11) is 2.11. The van der Waals surface area contributed by atoms with Crippen LogP contribution in [-0.2, 0) is 0 Å². The van der Waals surface area contributed by atoms with Crippen molar-refractivity contribution in [1.82, 2.24) is 10.6 Å². The van der Waals surface area contributed by atoms with Gasteiger partial charge in [-0.25, -0.2) is 4.79 Å². The van der Waals surface area contributed by atoms with Crippen LogP contribution >= 0.6 is 0 Å². The van der Waals surface area contributed by atoms with E-state index in [0.29, 0.717) is 0 Å². The molecule has 150 valence electrons. The van der Waals surface area contributed by atoms with Crippen LogP contribution in [0.2, 0.25) is 0 Å². The molecule has 0 atom stereocenters. The minimum atomic E-state index is -0.0328. The first kappa shape index (κ1) is 20.1. The van der Waals surface area contributed by atoms with Crippen LogP contribution in [0.25, 0.3) is 0 Å². The van der Waals surface area contributed by atoms with Crippen LogP contribution in [0, 0.1) is 0 Å². The van der Waals surface area contributed by atoms with Gasteiger partial charge in [-0.15, -0.1) is 0 Å². The average Bonchev–Trinajstić information content (AvgIpc) is 2.75. The van der Waals surface area contributed by atoms with E-state index in [1.165, 1.54) is 11.4 Å². The molecule has 1 aliphatic heterocycles. The topological polar surface area (TPSA) is 47.6 Å². The summed E-state index contributed by atoms with van der Waals surface area (Å²) in [6.07, 6.45) is 4.02. The molecular formula is C23H32N4O. The number of unbranched alkanes of at least 4 members (excludes halogenated alkanes) is 1. The Labute approximate surface area is 168 Å². The van der Waals surface area contributed by atoms with E-state index in [-0.39, 0.29) is 12.1 Å². The molecule has 2 aromatic carbocycles. The lowest BCUT2D eigenvalue weighted by atomic mass is 10.0. The molecule has 0 aromatic heterocycles. The highest BCUT2D eigenvalue weighted by Gasteiger charge is 2.20. The SMILES string of the molecule is CN(CCCCNC(=O)NC1CCN(c2ccccc2)CC1)c1ccccc1. The van der Waals surface area contributed by atoms with E-state index < -0.39 is 0 Å². The Morgan fingerprint density at radius 2 is 1.64 bits per heavy atom. The summed E-state index contributed by atoms with van der Waals surface area (Å²) < 4.78 is 0. The Morgan fingerprint density at radius 1 is 1.00 bits per heavy atom. The van der Waals surface area contributed by atoms with Crippen molar-refractivity contribution in [2.75, 3.05) is 43.0 Å². The molecule has 2 amide bonds. The molecule has 1 heterocycles. The monoisotopic (exact) mass is 380 g/mol. The summed E-state index contributed by atoms with van der Waals surface area (Å²) >= 11 is 0. The standard InChI is InChI=1S/C23H32N4O/c1-26(21-10-4-2-5-11-21)17-9-8-16-24-23(28)25-20-14-18-27(19-15-20)22-12-6-3-7-13-22/h2-7,10-13,20H,8-9,14-19H2,1H3,(H2,24,25,28). The highest BCUT2D eigenvalue weighted by molar-refractivity contribution is 5.74. The predicted octanol–water partition coefficient (Wildman–Crippen LogP) is 3.87. The molecule has 0 spiro atoms. The molecule has 1 aliphatic rings. The van der Waals surface area contributed by atoms with E-state index >= 15 is 0 Å². The Balaban J connectivity index is 1.26. The van der Waals surface area contributed by atoms with Crippen LogP contribution in [0.5, 0.6) is 0 Å². The van der Waals surface area contributed by atoms with E-state index in [4.69, 9.17) is 0 Å². The number of urea groups is 1. The highest BCUT2D eigenvalue weighted by atomic mass is 16.2. The zero-order valence-electron chi connectivity index (χ0n) is 16.8. The largest absolute Gasteiger partial charge is 0.375 e. The fourth-order valence-electron chi connectivity index (χ4n) is 3.64. The fourth-order valence-corrected chi connectivity index (χ4v) is 3.64. The van der Waals surface area contributed by atoms with Crippen molar-refractivity contribution < 1.29 is 4.79 Å². The molecular weight excluding hydrogens is 348 g/mol. The summed E-state index contributed by atoms with van der Waals surface area (Å²) in [6, 6.07) is 21.1. The number of nitrogens with one attached hydrogen (secondary N) is 2. The molecule has 1 saturated heterocycles. The van der Waals surface area contributed by atoms with E-state index in [1.807, 2.05) is 12.1 Å². The van der Waals surface area contributed by atoms with Gasteiger partial charge in [-0.3, -0.25) is 0 Å². The Morgan fingerprint density at radius 3 is 2.32 bits per heavy atom. The maximum atomic E-state index is 12.1. The van der Waals surface area contributed by atoms with Crippen LogP contribution in [0.1, 0.15) is 25.7 Å². The molecule has 0 bridgehead atoms. The van der Waals surface area contributed by atoms with Gasteiger partial charge in [-0.05, 0) is 49.9 Å². The zero-order chi connectivity index (χ0) is 19.6. The summed E-state index contributed by atoms with van der Waals surface area (Å²) in [4.78, 5) is 16.8. The van der Waals surface area contributed by atoms with Crippen molar-refractivity contribution >= 4 is 17.4 Å². The van der Waals surface area contributed by atoms with Crippen LogP contribution < -0.4 is 20.4 Å². The van der Waals surface area contributed by atoms with Crippen molar-refractivity contribution in [3.63, 3.8) is 0 Å². The number of piperidine rings is 1.